The van der Waals surface area contributed by atoms with Gasteiger partial charge < -0.3 is 15.6 Å². The van der Waals surface area contributed by atoms with Gasteiger partial charge in [-0.15, -0.1) is 0 Å². The topological polar surface area (TPSA) is 55.5 Å². The molecule has 0 amide bonds. The Morgan fingerprint density at radius 2 is 2.05 bits per heavy atom. The predicted octanol–water partition coefficient (Wildman–Crippen LogP) is 3.20. The van der Waals surface area contributed by atoms with Gasteiger partial charge in [0.25, 0.3) is 0 Å². The summed E-state index contributed by atoms with van der Waals surface area (Å²) in [5, 5.41) is 11.2. The summed E-state index contributed by atoms with van der Waals surface area (Å²) in [7, 11) is 1.49. The van der Waals surface area contributed by atoms with Crippen LogP contribution in [0.4, 0.5) is 4.39 Å². The highest BCUT2D eigenvalue weighted by molar-refractivity contribution is 5.40. The largest absolute Gasteiger partial charge is 0.496 e. The molecule has 3 nitrogen and oxygen atoms in total. The van der Waals surface area contributed by atoms with E-state index in [1.807, 2.05) is 0 Å². The van der Waals surface area contributed by atoms with Crippen LogP contribution in [0.1, 0.15) is 45.1 Å². The second-order valence-electron chi connectivity index (χ2n) is 6.56. The van der Waals surface area contributed by atoms with Gasteiger partial charge in [-0.3, -0.25) is 0 Å². The van der Waals surface area contributed by atoms with E-state index in [2.05, 4.69) is 6.92 Å². The number of benzene rings is 1. The average Bonchev–Trinajstić information content (AvgIpc) is 2.47. The van der Waals surface area contributed by atoms with E-state index in [0.29, 0.717) is 18.2 Å². The van der Waals surface area contributed by atoms with E-state index in [9.17, 15) is 9.50 Å². The minimum Gasteiger partial charge on any atom is -0.496 e. The molecule has 1 aliphatic carbocycles. The molecule has 1 aliphatic rings. The summed E-state index contributed by atoms with van der Waals surface area (Å²) in [6.07, 6.45) is 3.61. The molecule has 3 N–H and O–H groups in total. The number of hydrogen-bond acceptors (Lipinski definition) is 3. The highest BCUT2D eigenvalue weighted by atomic mass is 19.1. The Morgan fingerprint density at radius 1 is 1.43 bits per heavy atom. The Labute approximate surface area is 126 Å². The van der Waals surface area contributed by atoms with Gasteiger partial charge in [0.1, 0.15) is 17.2 Å². The summed E-state index contributed by atoms with van der Waals surface area (Å²) in [4.78, 5) is 0. The number of aliphatic hydroxyl groups is 1. The van der Waals surface area contributed by atoms with Crippen LogP contribution in [-0.2, 0) is 5.60 Å². The number of methoxy groups -OCH3 is 1. The van der Waals surface area contributed by atoms with Crippen molar-refractivity contribution in [2.45, 2.75) is 45.1 Å². The van der Waals surface area contributed by atoms with Crippen molar-refractivity contribution >= 4 is 0 Å². The SMILES string of the molecule is COc1cccc(F)c1C(C)(O)C1(CN)CCC(C)CC1. The highest BCUT2D eigenvalue weighted by Crippen LogP contribution is 2.52. The number of rotatable bonds is 4. The van der Waals surface area contributed by atoms with Crippen LogP contribution < -0.4 is 10.5 Å². The molecule has 1 saturated carbocycles. The molecule has 0 bridgehead atoms. The standard InChI is InChI=1S/C17H26FNO2/c1-12-7-9-17(11-19,10-8-12)16(2,20)15-13(18)5-4-6-14(15)21-3/h4-6,12,20H,7-11,19H2,1-3H3. The summed E-state index contributed by atoms with van der Waals surface area (Å²) >= 11 is 0. The fraction of sp³-hybridized carbons (Fsp3) is 0.647. The van der Waals surface area contributed by atoms with Crippen LogP contribution in [0.3, 0.4) is 0 Å². The van der Waals surface area contributed by atoms with E-state index in [-0.39, 0.29) is 5.56 Å². The molecule has 2 rings (SSSR count). The second-order valence-corrected chi connectivity index (χ2v) is 6.56. The van der Waals surface area contributed by atoms with E-state index in [1.165, 1.54) is 13.2 Å². The van der Waals surface area contributed by atoms with Crippen LogP contribution in [0, 0.1) is 17.2 Å². The van der Waals surface area contributed by atoms with Crippen molar-refractivity contribution in [3.05, 3.63) is 29.6 Å². The van der Waals surface area contributed by atoms with Crippen LogP contribution in [0.2, 0.25) is 0 Å². The maximum atomic E-state index is 14.4. The second kappa shape index (κ2) is 5.93. The first kappa shape index (κ1) is 16.2. The molecular weight excluding hydrogens is 269 g/mol. The maximum absolute atomic E-state index is 14.4. The van der Waals surface area contributed by atoms with Crippen molar-refractivity contribution in [2.24, 2.45) is 17.1 Å². The number of halogens is 1. The van der Waals surface area contributed by atoms with Gasteiger partial charge in [0.05, 0.1) is 12.7 Å². The Kier molecular flexibility index (Phi) is 4.59. The molecule has 0 radical (unpaired) electrons. The van der Waals surface area contributed by atoms with Crippen molar-refractivity contribution in [3.63, 3.8) is 0 Å². The van der Waals surface area contributed by atoms with Crippen LogP contribution in [0.15, 0.2) is 18.2 Å². The molecular formula is C17H26FNO2. The molecule has 118 valence electrons. The maximum Gasteiger partial charge on any atom is 0.133 e. The van der Waals surface area contributed by atoms with Gasteiger partial charge in [-0.2, -0.15) is 0 Å². The average molecular weight is 295 g/mol. The zero-order valence-corrected chi connectivity index (χ0v) is 13.2. The lowest BCUT2D eigenvalue weighted by atomic mass is 9.60. The van der Waals surface area contributed by atoms with Gasteiger partial charge in [0.15, 0.2) is 0 Å². The van der Waals surface area contributed by atoms with Crippen molar-refractivity contribution in [3.8, 4) is 5.75 Å². The van der Waals surface area contributed by atoms with Gasteiger partial charge in [-0.05, 0) is 37.8 Å². The van der Waals surface area contributed by atoms with Gasteiger partial charge in [-0.1, -0.05) is 25.8 Å². The number of hydrogen-bond donors (Lipinski definition) is 2. The Balaban J connectivity index is 2.49. The third kappa shape index (κ3) is 2.67. The fourth-order valence-corrected chi connectivity index (χ4v) is 3.62. The van der Waals surface area contributed by atoms with Crippen molar-refractivity contribution in [2.75, 3.05) is 13.7 Å². The lowest BCUT2D eigenvalue weighted by Crippen LogP contribution is -2.51. The minimum absolute atomic E-state index is 0.229. The zero-order chi connectivity index (χ0) is 15.7. The minimum atomic E-state index is -1.35. The summed E-state index contributed by atoms with van der Waals surface area (Å²) < 4.78 is 19.7. The summed E-state index contributed by atoms with van der Waals surface area (Å²) in [5.41, 5.74) is 4.40. The van der Waals surface area contributed by atoms with Gasteiger partial charge >= 0.3 is 0 Å². The molecule has 1 atom stereocenters. The van der Waals surface area contributed by atoms with E-state index in [1.54, 1.807) is 19.1 Å². The highest BCUT2D eigenvalue weighted by Gasteiger charge is 2.50. The van der Waals surface area contributed by atoms with E-state index in [0.717, 1.165) is 25.7 Å². The van der Waals surface area contributed by atoms with Crippen molar-refractivity contribution < 1.29 is 14.2 Å². The molecule has 0 aromatic heterocycles. The molecule has 1 fully saturated rings. The van der Waals surface area contributed by atoms with Crippen molar-refractivity contribution in [1.29, 1.82) is 0 Å². The summed E-state index contributed by atoms with van der Waals surface area (Å²) in [6, 6.07) is 4.64. The molecule has 1 aromatic rings. The number of nitrogens with two attached hydrogens (primary N) is 1. The lowest BCUT2D eigenvalue weighted by Gasteiger charge is -2.49. The normalized spacial score (nSPS) is 29.0. The smallest absolute Gasteiger partial charge is 0.133 e. The van der Waals surface area contributed by atoms with E-state index in [4.69, 9.17) is 10.5 Å². The van der Waals surface area contributed by atoms with Crippen LogP contribution >= 0.6 is 0 Å². The summed E-state index contributed by atoms with van der Waals surface area (Å²) in [5.74, 6) is 0.570. The van der Waals surface area contributed by atoms with E-state index >= 15 is 0 Å². The Morgan fingerprint density at radius 3 is 2.57 bits per heavy atom. The third-order valence-electron chi connectivity index (χ3n) is 5.34. The summed E-state index contributed by atoms with van der Waals surface area (Å²) in [6.45, 7) is 4.22. The fourth-order valence-electron chi connectivity index (χ4n) is 3.62. The van der Waals surface area contributed by atoms with Crippen molar-refractivity contribution in [1.82, 2.24) is 0 Å². The van der Waals surface area contributed by atoms with Gasteiger partial charge in [0.2, 0.25) is 0 Å². The van der Waals surface area contributed by atoms with Crippen LogP contribution in [0.25, 0.3) is 0 Å². The van der Waals surface area contributed by atoms with Crippen LogP contribution in [-0.4, -0.2) is 18.8 Å². The Bertz CT molecular complexity index is 494. The predicted molar refractivity (Wildman–Crippen MR) is 81.6 cm³/mol. The molecule has 4 heteroatoms. The first-order valence-corrected chi connectivity index (χ1v) is 7.63. The first-order valence-electron chi connectivity index (χ1n) is 7.63. The molecule has 0 spiro atoms. The van der Waals surface area contributed by atoms with Gasteiger partial charge in [-0.25, -0.2) is 4.39 Å². The lowest BCUT2D eigenvalue weighted by molar-refractivity contribution is -0.100. The zero-order valence-electron chi connectivity index (χ0n) is 13.2. The van der Waals surface area contributed by atoms with Gasteiger partial charge in [0, 0.05) is 12.0 Å². The number of ether oxygens (including phenoxy) is 1. The third-order valence-corrected chi connectivity index (χ3v) is 5.34. The molecule has 1 aromatic carbocycles. The molecule has 0 saturated heterocycles. The first-order chi connectivity index (χ1) is 9.88. The molecule has 0 heterocycles. The quantitative estimate of drug-likeness (QED) is 0.897. The monoisotopic (exact) mass is 295 g/mol. The van der Waals surface area contributed by atoms with E-state index < -0.39 is 16.8 Å². The molecule has 0 aliphatic heterocycles. The Hall–Kier alpha value is -1.13. The van der Waals surface area contributed by atoms with Crippen LogP contribution in [0.5, 0.6) is 5.75 Å². The molecule has 21 heavy (non-hydrogen) atoms. The molecule has 1 unspecified atom stereocenters.